The maximum atomic E-state index is 12.8. The fourth-order valence-electron chi connectivity index (χ4n) is 3.65. The average molecular weight is 405 g/mol. The molecule has 7 nitrogen and oxygen atoms in total. The summed E-state index contributed by atoms with van der Waals surface area (Å²) in [4.78, 5) is 27.3. The maximum absolute atomic E-state index is 12.8. The van der Waals surface area contributed by atoms with Crippen LogP contribution in [0.3, 0.4) is 0 Å². The fourth-order valence-corrected chi connectivity index (χ4v) is 3.65. The summed E-state index contributed by atoms with van der Waals surface area (Å²) < 4.78 is 5.75. The normalized spacial score (nSPS) is 14.6. The van der Waals surface area contributed by atoms with Gasteiger partial charge in [-0.1, -0.05) is 24.3 Å². The highest BCUT2D eigenvalue weighted by Gasteiger charge is 2.24. The van der Waals surface area contributed by atoms with Crippen LogP contribution in [0, 0.1) is 17.0 Å². The highest BCUT2D eigenvalue weighted by atomic mass is 16.6. The number of nitro benzene ring substituents is 1. The topological polar surface area (TPSA) is 79.8 Å². The molecule has 0 saturated carbocycles. The molecule has 0 aliphatic carbocycles. The largest absolute Gasteiger partial charge is 0.451 e. The van der Waals surface area contributed by atoms with E-state index in [4.69, 9.17) is 4.42 Å². The van der Waals surface area contributed by atoms with Crippen molar-refractivity contribution in [3.8, 4) is 11.3 Å². The second-order valence-electron chi connectivity index (χ2n) is 7.46. The summed E-state index contributed by atoms with van der Waals surface area (Å²) in [5.41, 5.74) is 3.31. The van der Waals surface area contributed by atoms with Crippen LogP contribution in [0.1, 0.15) is 21.7 Å². The van der Waals surface area contributed by atoms with Gasteiger partial charge in [-0.25, -0.2) is 0 Å². The quantitative estimate of drug-likeness (QED) is 0.471. The van der Waals surface area contributed by atoms with E-state index in [2.05, 4.69) is 30.0 Å². The van der Waals surface area contributed by atoms with Crippen molar-refractivity contribution in [1.29, 1.82) is 0 Å². The van der Waals surface area contributed by atoms with Crippen molar-refractivity contribution >= 4 is 11.6 Å². The summed E-state index contributed by atoms with van der Waals surface area (Å²) in [6.07, 6.45) is 0. The molecule has 0 atom stereocenters. The number of carbonyl (C=O) groups is 1. The maximum Gasteiger partial charge on any atom is 0.289 e. The Morgan fingerprint density at radius 2 is 1.70 bits per heavy atom. The Hall–Kier alpha value is -3.45. The molecule has 2 heterocycles. The van der Waals surface area contributed by atoms with Gasteiger partial charge < -0.3 is 9.32 Å². The predicted octanol–water partition coefficient (Wildman–Crippen LogP) is 4.12. The molecule has 1 fully saturated rings. The minimum atomic E-state index is -0.445. The molecular formula is C23H23N3O4. The van der Waals surface area contributed by atoms with Gasteiger partial charge in [0, 0.05) is 50.4 Å². The summed E-state index contributed by atoms with van der Waals surface area (Å²) in [5.74, 6) is 0.681. The van der Waals surface area contributed by atoms with Crippen molar-refractivity contribution in [3.63, 3.8) is 0 Å². The number of rotatable bonds is 5. The van der Waals surface area contributed by atoms with Gasteiger partial charge in [0.25, 0.3) is 11.6 Å². The molecule has 0 bridgehead atoms. The van der Waals surface area contributed by atoms with Crippen LogP contribution in [0.25, 0.3) is 11.3 Å². The van der Waals surface area contributed by atoms with Crippen LogP contribution in [0.5, 0.6) is 0 Å². The van der Waals surface area contributed by atoms with E-state index < -0.39 is 4.92 Å². The van der Waals surface area contributed by atoms with Gasteiger partial charge >= 0.3 is 0 Å². The lowest BCUT2D eigenvalue weighted by Gasteiger charge is -2.34. The Labute approximate surface area is 174 Å². The lowest BCUT2D eigenvalue weighted by Crippen LogP contribution is -2.48. The van der Waals surface area contributed by atoms with Gasteiger partial charge in [0.05, 0.1) is 4.92 Å². The van der Waals surface area contributed by atoms with Gasteiger partial charge in [-0.05, 0) is 42.3 Å². The summed E-state index contributed by atoms with van der Waals surface area (Å²) in [6, 6.07) is 17.8. The number of benzene rings is 2. The van der Waals surface area contributed by atoms with Crippen molar-refractivity contribution in [2.75, 3.05) is 26.2 Å². The molecule has 3 aromatic rings. The number of hydrogen-bond acceptors (Lipinski definition) is 5. The zero-order valence-corrected chi connectivity index (χ0v) is 16.8. The van der Waals surface area contributed by atoms with Crippen molar-refractivity contribution in [3.05, 3.63) is 87.7 Å². The molecule has 1 saturated heterocycles. The lowest BCUT2D eigenvalue weighted by atomic mass is 10.1. The van der Waals surface area contributed by atoms with Crippen LogP contribution in [-0.2, 0) is 6.54 Å². The van der Waals surface area contributed by atoms with Crippen LogP contribution in [0.15, 0.2) is 65.1 Å². The first-order chi connectivity index (χ1) is 14.5. The Morgan fingerprint density at radius 3 is 2.37 bits per heavy atom. The molecule has 1 aliphatic rings. The van der Waals surface area contributed by atoms with Crippen molar-refractivity contribution < 1.29 is 14.1 Å². The number of nitrogens with zero attached hydrogens (tertiary/aromatic N) is 3. The standard InChI is InChI=1S/C23H23N3O4/c1-17-4-2-3-5-19(17)16-24-12-14-25(15-13-24)23(27)22-11-10-21(30-22)18-6-8-20(9-7-18)26(28)29/h2-11H,12-16H2,1H3. The summed E-state index contributed by atoms with van der Waals surface area (Å²) in [7, 11) is 0. The summed E-state index contributed by atoms with van der Waals surface area (Å²) in [6.45, 7) is 5.94. The summed E-state index contributed by atoms with van der Waals surface area (Å²) >= 11 is 0. The third kappa shape index (κ3) is 4.26. The lowest BCUT2D eigenvalue weighted by molar-refractivity contribution is -0.384. The number of furan rings is 1. The van der Waals surface area contributed by atoms with Crippen molar-refractivity contribution in [2.24, 2.45) is 0 Å². The molecular weight excluding hydrogens is 382 g/mol. The zero-order chi connectivity index (χ0) is 21.1. The van der Waals surface area contributed by atoms with Gasteiger partial charge in [-0.15, -0.1) is 0 Å². The highest BCUT2D eigenvalue weighted by Crippen LogP contribution is 2.25. The Balaban J connectivity index is 1.37. The van der Waals surface area contributed by atoms with E-state index in [9.17, 15) is 14.9 Å². The van der Waals surface area contributed by atoms with Crippen LogP contribution in [0.4, 0.5) is 5.69 Å². The molecule has 1 aromatic heterocycles. The number of piperazine rings is 1. The van der Waals surface area contributed by atoms with E-state index in [-0.39, 0.29) is 17.4 Å². The molecule has 0 unspecified atom stereocenters. The third-order valence-corrected chi connectivity index (χ3v) is 5.49. The van der Waals surface area contributed by atoms with Crippen LogP contribution in [0.2, 0.25) is 0 Å². The van der Waals surface area contributed by atoms with E-state index in [1.54, 1.807) is 24.3 Å². The molecule has 0 N–H and O–H groups in total. The smallest absolute Gasteiger partial charge is 0.289 e. The van der Waals surface area contributed by atoms with Crippen LogP contribution >= 0.6 is 0 Å². The van der Waals surface area contributed by atoms with Crippen molar-refractivity contribution in [2.45, 2.75) is 13.5 Å². The van der Waals surface area contributed by atoms with Gasteiger partial charge in [-0.3, -0.25) is 19.8 Å². The van der Waals surface area contributed by atoms with Gasteiger partial charge in [-0.2, -0.15) is 0 Å². The fraction of sp³-hybridized carbons (Fsp3) is 0.261. The zero-order valence-electron chi connectivity index (χ0n) is 16.8. The van der Waals surface area contributed by atoms with E-state index in [0.29, 0.717) is 24.4 Å². The molecule has 7 heteroatoms. The van der Waals surface area contributed by atoms with Crippen LogP contribution < -0.4 is 0 Å². The van der Waals surface area contributed by atoms with Crippen molar-refractivity contribution in [1.82, 2.24) is 9.80 Å². The number of aryl methyl sites for hydroxylation is 1. The van der Waals surface area contributed by atoms with Gasteiger partial charge in [0.1, 0.15) is 5.76 Å². The third-order valence-electron chi connectivity index (χ3n) is 5.49. The van der Waals surface area contributed by atoms with E-state index in [1.165, 1.54) is 23.3 Å². The highest BCUT2D eigenvalue weighted by molar-refractivity contribution is 5.92. The Morgan fingerprint density at radius 1 is 1.00 bits per heavy atom. The Kier molecular flexibility index (Phi) is 5.63. The molecule has 4 rings (SSSR count). The first-order valence-corrected chi connectivity index (χ1v) is 9.92. The van der Waals surface area contributed by atoms with Gasteiger partial charge in [0.15, 0.2) is 5.76 Å². The number of hydrogen-bond donors (Lipinski definition) is 0. The SMILES string of the molecule is Cc1ccccc1CN1CCN(C(=O)c2ccc(-c3ccc([N+](=O)[O-])cc3)o2)CC1. The molecule has 1 aliphatic heterocycles. The first-order valence-electron chi connectivity index (χ1n) is 9.92. The number of amides is 1. The monoisotopic (exact) mass is 405 g/mol. The van der Waals surface area contributed by atoms with Crippen LogP contribution in [-0.4, -0.2) is 46.8 Å². The molecule has 0 radical (unpaired) electrons. The average Bonchev–Trinajstić information content (AvgIpc) is 3.26. The number of carbonyl (C=O) groups excluding carboxylic acids is 1. The predicted molar refractivity (Wildman–Crippen MR) is 113 cm³/mol. The number of nitro groups is 1. The number of non-ortho nitro benzene ring substituents is 1. The van der Waals surface area contributed by atoms with E-state index in [1.807, 2.05) is 11.0 Å². The Bertz CT molecular complexity index is 1050. The molecule has 2 aromatic carbocycles. The molecule has 154 valence electrons. The van der Waals surface area contributed by atoms with Gasteiger partial charge in [0.2, 0.25) is 0 Å². The second kappa shape index (κ2) is 8.51. The molecule has 1 amide bonds. The summed E-state index contributed by atoms with van der Waals surface area (Å²) in [5, 5.41) is 10.8. The first kappa shape index (κ1) is 19.8. The van der Waals surface area contributed by atoms with E-state index in [0.717, 1.165) is 19.6 Å². The second-order valence-corrected chi connectivity index (χ2v) is 7.46. The molecule has 0 spiro atoms. The van der Waals surface area contributed by atoms with E-state index >= 15 is 0 Å². The molecule has 30 heavy (non-hydrogen) atoms. The minimum absolute atomic E-state index is 0.0187. The minimum Gasteiger partial charge on any atom is -0.451 e.